The molecule has 0 unspecified atom stereocenters. The summed E-state index contributed by atoms with van der Waals surface area (Å²) < 4.78 is 0. The molecular formula is C15H23N5S. The molecule has 0 spiro atoms. The average Bonchev–Trinajstić information content (AvgIpc) is 2.91. The summed E-state index contributed by atoms with van der Waals surface area (Å²) in [5.41, 5.74) is -0.0723. The fourth-order valence-corrected chi connectivity index (χ4v) is 2.44. The Labute approximate surface area is 130 Å². The van der Waals surface area contributed by atoms with E-state index in [2.05, 4.69) is 53.3 Å². The smallest absolute Gasteiger partial charge is 0.138 e. The van der Waals surface area contributed by atoms with E-state index in [0.717, 1.165) is 42.0 Å². The quantitative estimate of drug-likeness (QED) is 0.857. The van der Waals surface area contributed by atoms with Crippen LogP contribution in [-0.2, 0) is 11.8 Å². The molecule has 0 radical (unpaired) electrons. The van der Waals surface area contributed by atoms with Crippen molar-refractivity contribution in [2.75, 3.05) is 23.7 Å². The van der Waals surface area contributed by atoms with Gasteiger partial charge in [0, 0.05) is 42.6 Å². The van der Waals surface area contributed by atoms with E-state index >= 15 is 0 Å². The average molecular weight is 305 g/mol. The van der Waals surface area contributed by atoms with Gasteiger partial charge in [-0.15, -0.1) is 11.3 Å². The van der Waals surface area contributed by atoms with E-state index < -0.39 is 0 Å². The molecular weight excluding hydrogens is 282 g/mol. The standard InChI is InChI=1S/C15H23N5S/c1-5-16-11-10-12(20-14(19-11)15(2,3)4)17-7-6-13-18-8-9-21-13/h8-10H,5-7H2,1-4H3,(H2,16,17,19,20). The Kier molecular flexibility index (Phi) is 5.12. The van der Waals surface area contributed by atoms with Gasteiger partial charge in [-0.2, -0.15) is 0 Å². The minimum absolute atomic E-state index is 0.0723. The normalized spacial score (nSPS) is 11.4. The van der Waals surface area contributed by atoms with E-state index in [-0.39, 0.29) is 5.41 Å². The van der Waals surface area contributed by atoms with Gasteiger partial charge in [-0.05, 0) is 6.92 Å². The van der Waals surface area contributed by atoms with Crippen molar-refractivity contribution in [1.82, 2.24) is 15.0 Å². The summed E-state index contributed by atoms with van der Waals surface area (Å²) in [4.78, 5) is 13.5. The monoisotopic (exact) mass is 305 g/mol. The van der Waals surface area contributed by atoms with Crippen molar-refractivity contribution in [1.29, 1.82) is 0 Å². The molecule has 5 nitrogen and oxygen atoms in total. The largest absolute Gasteiger partial charge is 0.370 e. The molecule has 0 saturated heterocycles. The number of hydrogen-bond acceptors (Lipinski definition) is 6. The molecule has 21 heavy (non-hydrogen) atoms. The second-order valence-corrected chi connectivity index (χ2v) is 6.82. The SMILES string of the molecule is CCNc1cc(NCCc2nccs2)nc(C(C)(C)C)n1. The van der Waals surface area contributed by atoms with Crippen LogP contribution in [-0.4, -0.2) is 28.0 Å². The molecule has 2 N–H and O–H groups in total. The minimum atomic E-state index is -0.0723. The summed E-state index contributed by atoms with van der Waals surface area (Å²) in [5.74, 6) is 2.58. The minimum Gasteiger partial charge on any atom is -0.370 e. The molecule has 2 aromatic rings. The lowest BCUT2D eigenvalue weighted by Gasteiger charge is -2.19. The lowest BCUT2D eigenvalue weighted by atomic mass is 9.96. The maximum atomic E-state index is 4.63. The van der Waals surface area contributed by atoms with Crippen molar-refractivity contribution >= 4 is 23.0 Å². The molecule has 0 aliphatic heterocycles. The molecule has 114 valence electrons. The molecule has 0 aliphatic rings. The van der Waals surface area contributed by atoms with Crippen molar-refractivity contribution in [3.05, 3.63) is 28.5 Å². The number of thiazole rings is 1. The van der Waals surface area contributed by atoms with Gasteiger partial charge >= 0.3 is 0 Å². The Hall–Kier alpha value is -1.69. The number of rotatable bonds is 6. The van der Waals surface area contributed by atoms with Gasteiger partial charge in [0.1, 0.15) is 17.5 Å². The first-order chi connectivity index (χ1) is 9.99. The van der Waals surface area contributed by atoms with E-state index in [9.17, 15) is 0 Å². The molecule has 2 rings (SSSR count). The van der Waals surface area contributed by atoms with Crippen LogP contribution in [0.1, 0.15) is 38.5 Å². The van der Waals surface area contributed by atoms with E-state index in [1.807, 2.05) is 17.6 Å². The molecule has 0 aromatic carbocycles. The summed E-state index contributed by atoms with van der Waals surface area (Å²) in [6.07, 6.45) is 2.74. The molecule has 0 fully saturated rings. The van der Waals surface area contributed by atoms with Gasteiger partial charge in [0.2, 0.25) is 0 Å². The fourth-order valence-electron chi connectivity index (χ4n) is 1.82. The topological polar surface area (TPSA) is 62.7 Å². The van der Waals surface area contributed by atoms with Crippen LogP contribution < -0.4 is 10.6 Å². The lowest BCUT2D eigenvalue weighted by molar-refractivity contribution is 0.546. The fraction of sp³-hybridized carbons (Fsp3) is 0.533. The summed E-state index contributed by atoms with van der Waals surface area (Å²) in [5, 5.41) is 9.77. The van der Waals surface area contributed by atoms with Crippen LogP contribution in [0.5, 0.6) is 0 Å². The maximum Gasteiger partial charge on any atom is 0.138 e. The van der Waals surface area contributed by atoms with Crippen LogP contribution in [0.25, 0.3) is 0 Å². The Morgan fingerprint density at radius 3 is 2.43 bits per heavy atom. The Morgan fingerprint density at radius 1 is 1.14 bits per heavy atom. The number of aromatic nitrogens is 3. The Balaban J connectivity index is 2.08. The maximum absolute atomic E-state index is 4.63. The molecule has 0 aliphatic carbocycles. The van der Waals surface area contributed by atoms with Gasteiger partial charge in [0.05, 0.1) is 5.01 Å². The zero-order valence-corrected chi connectivity index (χ0v) is 13.9. The summed E-state index contributed by atoms with van der Waals surface area (Å²) >= 11 is 1.68. The van der Waals surface area contributed by atoms with E-state index in [0.29, 0.717) is 0 Å². The van der Waals surface area contributed by atoms with Crippen LogP contribution in [0, 0.1) is 0 Å². The zero-order valence-electron chi connectivity index (χ0n) is 13.1. The number of nitrogens with one attached hydrogen (secondary N) is 2. The third-order valence-corrected chi connectivity index (χ3v) is 3.72. The van der Waals surface area contributed by atoms with Crippen molar-refractivity contribution < 1.29 is 0 Å². The van der Waals surface area contributed by atoms with Crippen molar-refractivity contribution in [3.63, 3.8) is 0 Å². The number of nitrogens with zero attached hydrogens (tertiary/aromatic N) is 3. The van der Waals surface area contributed by atoms with E-state index in [1.54, 1.807) is 11.3 Å². The highest BCUT2D eigenvalue weighted by atomic mass is 32.1. The van der Waals surface area contributed by atoms with Crippen LogP contribution >= 0.6 is 11.3 Å². The molecule has 2 heterocycles. The first kappa shape index (κ1) is 15.7. The van der Waals surface area contributed by atoms with Gasteiger partial charge in [-0.3, -0.25) is 0 Å². The van der Waals surface area contributed by atoms with Crippen LogP contribution in [0.15, 0.2) is 17.6 Å². The van der Waals surface area contributed by atoms with Gasteiger partial charge in [0.25, 0.3) is 0 Å². The number of anilines is 2. The van der Waals surface area contributed by atoms with E-state index in [4.69, 9.17) is 0 Å². The zero-order chi connectivity index (χ0) is 15.3. The summed E-state index contributed by atoms with van der Waals surface area (Å²) in [7, 11) is 0. The highest BCUT2D eigenvalue weighted by Crippen LogP contribution is 2.22. The lowest BCUT2D eigenvalue weighted by Crippen LogP contribution is -2.19. The van der Waals surface area contributed by atoms with Crippen molar-refractivity contribution in [2.45, 2.75) is 39.5 Å². The second-order valence-electron chi connectivity index (χ2n) is 5.84. The molecule has 2 aromatic heterocycles. The molecule has 0 bridgehead atoms. The predicted molar refractivity (Wildman–Crippen MR) is 89.2 cm³/mol. The molecule has 0 atom stereocenters. The van der Waals surface area contributed by atoms with Crippen molar-refractivity contribution in [2.24, 2.45) is 0 Å². The third kappa shape index (κ3) is 4.67. The molecule has 0 amide bonds. The van der Waals surface area contributed by atoms with Crippen LogP contribution in [0.2, 0.25) is 0 Å². The number of hydrogen-bond donors (Lipinski definition) is 2. The molecule has 6 heteroatoms. The third-order valence-electron chi connectivity index (χ3n) is 2.88. The Bertz CT molecular complexity index is 560. The predicted octanol–water partition coefficient (Wildman–Crippen LogP) is 3.32. The van der Waals surface area contributed by atoms with Gasteiger partial charge in [-0.1, -0.05) is 20.8 Å². The second kappa shape index (κ2) is 6.85. The summed E-state index contributed by atoms with van der Waals surface area (Å²) in [6, 6.07) is 1.96. The highest BCUT2D eigenvalue weighted by molar-refractivity contribution is 7.09. The van der Waals surface area contributed by atoms with Gasteiger partial charge < -0.3 is 10.6 Å². The molecule has 0 saturated carbocycles. The Morgan fingerprint density at radius 2 is 1.86 bits per heavy atom. The van der Waals surface area contributed by atoms with Crippen LogP contribution in [0.4, 0.5) is 11.6 Å². The van der Waals surface area contributed by atoms with Gasteiger partial charge in [-0.25, -0.2) is 15.0 Å². The summed E-state index contributed by atoms with van der Waals surface area (Å²) in [6.45, 7) is 10.1. The highest BCUT2D eigenvalue weighted by Gasteiger charge is 2.19. The van der Waals surface area contributed by atoms with Gasteiger partial charge in [0.15, 0.2) is 0 Å². The first-order valence-electron chi connectivity index (χ1n) is 7.24. The van der Waals surface area contributed by atoms with Crippen LogP contribution in [0.3, 0.4) is 0 Å². The van der Waals surface area contributed by atoms with E-state index in [1.165, 1.54) is 0 Å². The van der Waals surface area contributed by atoms with Crippen molar-refractivity contribution in [3.8, 4) is 0 Å². The first-order valence-corrected chi connectivity index (χ1v) is 8.12.